The van der Waals surface area contributed by atoms with E-state index in [4.69, 9.17) is 0 Å². The van der Waals surface area contributed by atoms with Crippen LogP contribution in [-0.2, 0) is 0 Å². The van der Waals surface area contributed by atoms with E-state index in [9.17, 15) is 0 Å². The van der Waals surface area contributed by atoms with Gasteiger partial charge in [-0.25, -0.2) is 0 Å². The Morgan fingerprint density at radius 1 is 1.27 bits per heavy atom. The van der Waals surface area contributed by atoms with E-state index >= 15 is 0 Å². The molecule has 0 radical (unpaired) electrons. The Kier molecular flexibility index (Phi) is 2.57. The lowest BCUT2D eigenvalue weighted by molar-refractivity contribution is 0.380. The molecule has 1 nitrogen and oxygen atoms in total. The van der Waals surface area contributed by atoms with Crippen molar-refractivity contribution in [1.82, 2.24) is 5.32 Å². The summed E-state index contributed by atoms with van der Waals surface area (Å²) < 4.78 is 0. The predicted molar refractivity (Wildman–Crippen MR) is 65.1 cm³/mol. The van der Waals surface area contributed by atoms with E-state index in [0.717, 1.165) is 17.9 Å². The van der Waals surface area contributed by atoms with E-state index in [1.165, 1.54) is 30.6 Å². The van der Waals surface area contributed by atoms with Gasteiger partial charge >= 0.3 is 0 Å². The number of thiophene rings is 1. The van der Waals surface area contributed by atoms with E-state index in [-0.39, 0.29) is 0 Å². The van der Waals surface area contributed by atoms with Gasteiger partial charge in [-0.1, -0.05) is 6.07 Å². The van der Waals surface area contributed by atoms with Crippen molar-refractivity contribution in [2.24, 2.45) is 11.8 Å². The summed E-state index contributed by atoms with van der Waals surface area (Å²) in [6.45, 7) is 2.31. The van der Waals surface area contributed by atoms with E-state index in [0.29, 0.717) is 6.04 Å². The summed E-state index contributed by atoms with van der Waals surface area (Å²) in [4.78, 5) is 1.49. The Morgan fingerprint density at radius 3 is 2.40 bits per heavy atom. The molecule has 0 saturated heterocycles. The van der Waals surface area contributed by atoms with Crippen LogP contribution in [0, 0.1) is 11.8 Å². The van der Waals surface area contributed by atoms with Gasteiger partial charge in [0.1, 0.15) is 0 Å². The molecular formula is C13H19NS. The number of nitrogens with one attached hydrogen (secondary N) is 1. The van der Waals surface area contributed by atoms with Crippen LogP contribution in [0.2, 0.25) is 0 Å². The number of hydrogen-bond donors (Lipinski definition) is 1. The molecule has 82 valence electrons. The first-order valence-electron chi connectivity index (χ1n) is 6.14. The molecule has 1 aromatic heterocycles. The lowest BCUT2D eigenvalue weighted by atomic mass is 10.1. The highest BCUT2D eigenvalue weighted by molar-refractivity contribution is 7.10. The molecule has 0 amide bonds. The SMILES string of the molecule is CC(NC(C1CC1)C1CC1)c1cccs1. The molecule has 0 bridgehead atoms. The number of hydrogen-bond acceptors (Lipinski definition) is 2. The highest BCUT2D eigenvalue weighted by Crippen LogP contribution is 2.45. The van der Waals surface area contributed by atoms with Gasteiger partial charge in [0.25, 0.3) is 0 Å². The summed E-state index contributed by atoms with van der Waals surface area (Å²) in [5.74, 6) is 2.00. The topological polar surface area (TPSA) is 12.0 Å². The van der Waals surface area contributed by atoms with Gasteiger partial charge in [-0.05, 0) is 55.9 Å². The Balaban J connectivity index is 1.62. The summed E-state index contributed by atoms with van der Waals surface area (Å²) >= 11 is 1.87. The summed E-state index contributed by atoms with van der Waals surface area (Å²) in [7, 11) is 0. The van der Waals surface area contributed by atoms with Crippen LogP contribution in [0.3, 0.4) is 0 Å². The van der Waals surface area contributed by atoms with Crippen molar-refractivity contribution in [2.75, 3.05) is 0 Å². The summed E-state index contributed by atoms with van der Waals surface area (Å²) in [6, 6.07) is 5.78. The summed E-state index contributed by atoms with van der Waals surface area (Å²) in [6.07, 6.45) is 5.85. The zero-order valence-corrected chi connectivity index (χ0v) is 10.1. The normalized spacial score (nSPS) is 23.3. The first-order valence-corrected chi connectivity index (χ1v) is 7.02. The lowest BCUT2D eigenvalue weighted by Gasteiger charge is -2.22. The second-order valence-electron chi connectivity index (χ2n) is 5.10. The zero-order valence-electron chi connectivity index (χ0n) is 9.28. The van der Waals surface area contributed by atoms with E-state index < -0.39 is 0 Å². The molecule has 1 unspecified atom stereocenters. The Hall–Kier alpha value is -0.340. The van der Waals surface area contributed by atoms with Crippen LogP contribution in [0.25, 0.3) is 0 Å². The third kappa shape index (κ3) is 2.26. The second-order valence-corrected chi connectivity index (χ2v) is 6.08. The Bertz CT molecular complexity index is 299. The van der Waals surface area contributed by atoms with Crippen LogP contribution in [-0.4, -0.2) is 6.04 Å². The molecule has 0 aliphatic heterocycles. The molecule has 2 aliphatic carbocycles. The zero-order chi connectivity index (χ0) is 10.3. The highest BCUT2D eigenvalue weighted by Gasteiger charge is 2.41. The maximum atomic E-state index is 3.85. The van der Waals surface area contributed by atoms with Crippen molar-refractivity contribution in [3.05, 3.63) is 22.4 Å². The highest BCUT2D eigenvalue weighted by atomic mass is 32.1. The van der Waals surface area contributed by atoms with Crippen LogP contribution >= 0.6 is 11.3 Å². The molecular weight excluding hydrogens is 202 g/mol. The van der Waals surface area contributed by atoms with Crippen LogP contribution in [0.1, 0.15) is 43.5 Å². The van der Waals surface area contributed by atoms with Gasteiger partial charge in [-0.2, -0.15) is 0 Å². The molecule has 0 spiro atoms. The maximum Gasteiger partial charge on any atom is 0.0388 e. The van der Waals surface area contributed by atoms with Crippen molar-refractivity contribution in [1.29, 1.82) is 0 Å². The molecule has 1 heterocycles. The largest absolute Gasteiger partial charge is 0.306 e. The van der Waals surface area contributed by atoms with Crippen molar-refractivity contribution < 1.29 is 0 Å². The molecule has 0 aromatic carbocycles. The minimum absolute atomic E-state index is 0.552. The fourth-order valence-electron chi connectivity index (χ4n) is 2.48. The molecule has 2 aliphatic rings. The van der Waals surface area contributed by atoms with Gasteiger partial charge in [-0.15, -0.1) is 11.3 Å². The van der Waals surface area contributed by atoms with Gasteiger partial charge in [0.05, 0.1) is 0 Å². The Labute approximate surface area is 95.9 Å². The minimum Gasteiger partial charge on any atom is -0.306 e. The molecule has 3 rings (SSSR count). The quantitative estimate of drug-likeness (QED) is 0.801. The van der Waals surface area contributed by atoms with E-state index in [1.807, 2.05) is 11.3 Å². The minimum atomic E-state index is 0.552. The van der Waals surface area contributed by atoms with Crippen LogP contribution in [0.15, 0.2) is 17.5 Å². The van der Waals surface area contributed by atoms with Crippen LogP contribution in [0.4, 0.5) is 0 Å². The third-order valence-corrected chi connectivity index (χ3v) is 4.73. The van der Waals surface area contributed by atoms with E-state index in [2.05, 4.69) is 29.8 Å². The number of rotatable bonds is 5. The smallest absolute Gasteiger partial charge is 0.0388 e. The van der Waals surface area contributed by atoms with Gasteiger partial charge in [0.15, 0.2) is 0 Å². The predicted octanol–water partition coefficient (Wildman–Crippen LogP) is 3.59. The molecule has 2 saturated carbocycles. The van der Waals surface area contributed by atoms with Gasteiger partial charge < -0.3 is 5.32 Å². The fourth-order valence-corrected chi connectivity index (χ4v) is 3.22. The first kappa shape index (κ1) is 9.86. The molecule has 1 atom stereocenters. The Morgan fingerprint density at radius 2 is 1.93 bits per heavy atom. The average molecular weight is 221 g/mol. The monoisotopic (exact) mass is 221 g/mol. The summed E-state index contributed by atoms with van der Waals surface area (Å²) in [5.41, 5.74) is 0. The van der Waals surface area contributed by atoms with Crippen LogP contribution in [0.5, 0.6) is 0 Å². The molecule has 1 aromatic rings. The standard InChI is InChI=1S/C13H19NS/c1-9(12-3-2-8-15-12)14-13(10-4-5-10)11-6-7-11/h2-3,8-11,13-14H,4-7H2,1H3. The van der Waals surface area contributed by atoms with Crippen LogP contribution < -0.4 is 5.32 Å². The van der Waals surface area contributed by atoms with Gasteiger partial charge in [0.2, 0.25) is 0 Å². The fraction of sp³-hybridized carbons (Fsp3) is 0.692. The second kappa shape index (κ2) is 3.91. The van der Waals surface area contributed by atoms with Crippen molar-refractivity contribution >= 4 is 11.3 Å². The molecule has 2 heteroatoms. The molecule has 15 heavy (non-hydrogen) atoms. The first-order chi connectivity index (χ1) is 7.34. The van der Waals surface area contributed by atoms with E-state index in [1.54, 1.807) is 0 Å². The van der Waals surface area contributed by atoms with Crippen molar-refractivity contribution in [3.63, 3.8) is 0 Å². The summed E-state index contributed by atoms with van der Waals surface area (Å²) in [5, 5.41) is 6.03. The molecule has 1 N–H and O–H groups in total. The lowest BCUT2D eigenvalue weighted by Crippen LogP contribution is -2.34. The van der Waals surface area contributed by atoms with Crippen molar-refractivity contribution in [2.45, 2.75) is 44.7 Å². The van der Waals surface area contributed by atoms with Crippen molar-refractivity contribution in [3.8, 4) is 0 Å². The third-order valence-electron chi connectivity index (χ3n) is 3.67. The molecule has 2 fully saturated rings. The maximum absolute atomic E-state index is 3.85. The van der Waals surface area contributed by atoms with Gasteiger partial charge in [-0.3, -0.25) is 0 Å². The average Bonchev–Trinajstić information content (AvgIpc) is 3.15. The van der Waals surface area contributed by atoms with Gasteiger partial charge in [0, 0.05) is 17.0 Å².